The Bertz CT molecular complexity index is 453. The third kappa shape index (κ3) is 3.05. The molecule has 0 radical (unpaired) electrons. The van der Waals surface area contributed by atoms with Crippen LogP contribution in [-0.4, -0.2) is 29.9 Å². The molecule has 1 aromatic carbocycles. The quantitative estimate of drug-likeness (QED) is 0.744. The summed E-state index contributed by atoms with van der Waals surface area (Å²) in [6.07, 6.45) is 3.26. The van der Waals surface area contributed by atoms with Gasteiger partial charge in [-0.25, -0.2) is 0 Å². The van der Waals surface area contributed by atoms with Gasteiger partial charge in [-0.3, -0.25) is 4.79 Å². The molecule has 0 spiro atoms. The van der Waals surface area contributed by atoms with Crippen LogP contribution >= 0.6 is 38.5 Å². The SMILES string of the molecule is NCC1CCCCN1C(=O)c1cc(Br)ccc1I. The van der Waals surface area contributed by atoms with Crippen molar-refractivity contribution in [3.63, 3.8) is 0 Å². The Kier molecular flexibility index (Phi) is 5.03. The highest BCUT2D eigenvalue weighted by Crippen LogP contribution is 2.24. The molecule has 1 atom stereocenters. The van der Waals surface area contributed by atoms with E-state index in [9.17, 15) is 4.79 Å². The van der Waals surface area contributed by atoms with Gasteiger partial charge < -0.3 is 10.6 Å². The molecule has 2 rings (SSSR count). The van der Waals surface area contributed by atoms with Crippen molar-refractivity contribution >= 4 is 44.4 Å². The highest BCUT2D eigenvalue weighted by Gasteiger charge is 2.27. The number of halogens is 2. The summed E-state index contributed by atoms with van der Waals surface area (Å²) < 4.78 is 1.93. The maximum Gasteiger partial charge on any atom is 0.255 e. The first-order valence-electron chi connectivity index (χ1n) is 6.09. The number of rotatable bonds is 2. The molecule has 1 heterocycles. The molecule has 1 aliphatic rings. The Hall–Kier alpha value is -0.140. The van der Waals surface area contributed by atoms with Crippen molar-refractivity contribution < 1.29 is 4.79 Å². The maximum absolute atomic E-state index is 12.6. The zero-order valence-corrected chi connectivity index (χ0v) is 13.8. The first-order chi connectivity index (χ1) is 8.63. The molecule has 98 valence electrons. The normalized spacial score (nSPS) is 19.9. The fourth-order valence-corrected chi connectivity index (χ4v) is 3.26. The van der Waals surface area contributed by atoms with E-state index in [1.54, 1.807) is 0 Å². The van der Waals surface area contributed by atoms with Crippen LogP contribution in [0.1, 0.15) is 29.6 Å². The van der Waals surface area contributed by atoms with Crippen LogP contribution in [0, 0.1) is 3.57 Å². The average Bonchev–Trinajstić information content (AvgIpc) is 2.40. The number of hydrogen-bond acceptors (Lipinski definition) is 2. The predicted molar refractivity (Wildman–Crippen MR) is 84.6 cm³/mol. The second-order valence-electron chi connectivity index (χ2n) is 4.51. The minimum Gasteiger partial charge on any atom is -0.334 e. The molecule has 0 aliphatic carbocycles. The molecule has 0 saturated carbocycles. The fourth-order valence-electron chi connectivity index (χ4n) is 2.33. The van der Waals surface area contributed by atoms with E-state index in [1.165, 1.54) is 6.42 Å². The molecule has 1 fully saturated rings. The second-order valence-corrected chi connectivity index (χ2v) is 6.59. The number of carbonyl (C=O) groups excluding carboxylic acids is 1. The molecule has 1 unspecified atom stereocenters. The van der Waals surface area contributed by atoms with Crippen LogP contribution in [0.3, 0.4) is 0 Å². The summed E-state index contributed by atoms with van der Waals surface area (Å²) in [7, 11) is 0. The van der Waals surface area contributed by atoms with Gasteiger partial charge in [0.15, 0.2) is 0 Å². The van der Waals surface area contributed by atoms with Gasteiger partial charge in [0.25, 0.3) is 5.91 Å². The van der Waals surface area contributed by atoms with Gasteiger partial charge >= 0.3 is 0 Å². The monoisotopic (exact) mass is 422 g/mol. The van der Waals surface area contributed by atoms with Crippen LogP contribution in [0.25, 0.3) is 0 Å². The van der Waals surface area contributed by atoms with Gasteiger partial charge in [-0.15, -0.1) is 0 Å². The zero-order valence-electron chi connectivity index (χ0n) is 10.0. The Labute approximate surface area is 129 Å². The number of nitrogens with two attached hydrogens (primary N) is 1. The van der Waals surface area contributed by atoms with Gasteiger partial charge in [-0.1, -0.05) is 15.9 Å². The average molecular weight is 423 g/mol. The highest BCUT2D eigenvalue weighted by atomic mass is 127. The number of nitrogens with zero attached hydrogens (tertiary/aromatic N) is 1. The molecule has 2 N–H and O–H groups in total. The van der Waals surface area contributed by atoms with E-state index in [4.69, 9.17) is 5.73 Å². The summed E-state index contributed by atoms with van der Waals surface area (Å²) in [6, 6.07) is 6.00. The first-order valence-corrected chi connectivity index (χ1v) is 7.96. The van der Waals surface area contributed by atoms with Crippen LogP contribution in [0.5, 0.6) is 0 Å². The summed E-state index contributed by atoms with van der Waals surface area (Å²) >= 11 is 5.63. The standard InChI is InChI=1S/C13H16BrIN2O/c14-9-4-5-12(15)11(7-9)13(18)17-6-2-1-3-10(17)8-16/h4-5,7,10H,1-3,6,8,16H2. The third-order valence-corrected chi connectivity index (χ3v) is 4.75. The summed E-state index contributed by atoms with van der Waals surface area (Å²) in [6.45, 7) is 1.37. The number of piperidine rings is 1. The lowest BCUT2D eigenvalue weighted by molar-refractivity contribution is 0.0622. The molecule has 1 aromatic rings. The first kappa shape index (κ1) is 14.3. The topological polar surface area (TPSA) is 46.3 Å². The zero-order chi connectivity index (χ0) is 13.1. The number of hydrogen-bond donors (Lipinski definition) is 1. The van der Waals surface area contributed by atoms with Crippen LogP contribution < -0.4 is 5.73 Å². The number of carbonyl (C=O) groups is 1. The lowest BCUT2D eigenvalue weighted by atomic mass is 10.0. The van der Waals surface area contributed by atoms with Gasteiger partial charge in [0.1, 0.15) is 0 Å². The second kappa shape index (κ2) is 6.34. The number of benzene rings is 1. The molecule has 1 saturated heterocycles. The van der Waals surface area contributed by atoms with Crippen molar-refractivity contribution in [2.45, 2.75) is 25.3 Å². The molecule has 1 amide bonds. The molecule has 18 heavy (non-hydrogen) atoms. The largest absolute Gasteiger partial charge is 0.334 e. The van der Waals surface area contributed by atoms with Gasteiger partial charge in [-0.05, 0) is 60.1 Å². The highest BCUT2D eigenvalue weighted by molar-refractivity contribution is 14.1. The van der Waals surface area contributed by atoms with Crippen molar-refractivity contribution in [1.82, 2.24) is 4.90 Å². The minimum absolute atomic E-state index is 0.107. The van der Waals surface area contributed by atoms with E-state index >= 15 is 0 Å². The molecular formula is C13H16BrIN2O. The lowest BCUT2D eigenvalue weighted by Gasteiger charge is -2.35. The van der Waals surface area contributed by atoms with Crippen LogP contribution in [-0.2, 0) is 0 Å². The van der Waals surface area contributed by atoms with Crippen molar-refractivity contribution in [3.8, 4) is 0 Å². The molecular weight excluding hydrogens is 407 g/mol. The Balaban J connectivity index is 2.26. The fraction of sp³-hybridized carbons (Fsp3) is 0.462. The maximum atomic E-state index is 12.6. The molecule has 1 aliphatic heterocycles. The van der Waals surface area contributed by atoms with Crippen LogP contribution in [0.2, 0.25) is 0 Å². The van der Waals surface area contributed by atoms with E-state index in [0.29, 0.717) is 6.54 Å². The summed E-state index contributed by atoms with van der Waals surface area (Å²) in [5.74, 6) is 0.107. The molecule has 0 aromatic heterocycles. The summed E-state index contributed by atoms with van der Waals surface area (Å²) in [4.78, 5) is 14.5. The summed E-state index contributed by atoms with van der Waals surface area (Å²) in [5.41, 5.74) is 6.54. The van der Waals surface area contributed by atoms with Gasteiger partial charge in [-0.2, -0.15) is 0 Å². The summed E-state index contributed by atoms with van der Waals surface area (Å²) in [5, 5.41) is 0. The van der Waals surface area contributed by atoms with E-state index in [1.807, 2.05) is 23.1 Å². The van der Waals surface area contributed by atoms with Crippen molar-refractivity contribution in [1.29, 1.82) is 0 Å². The van der Waals surface area contributed by atoms with Gasteiger partial charge in [0.05, 0.1) is 5.56 Å². The number of amides is 1. The smallest absolute Gasteiger partial charge is 0.255 e. The van der Waals surface area contributed by atoms with E-state index in [-0.39, 0.29) is 11.9 Å². The van der Waals surface area contributed by atoms with Crippen molar-refractivity contribution in [3.05, 3.63) is 31.8 Å². The van der Waals surface area contributed by atoms with Crippen LogP contribution in [0.4, 0.5) is 0 Å². The van der Waals surface area contributed by atoms with Crippen molar-refractivity contribution in [2.75, 3.05) is 13.1 Å². The Morgan fingerprint density at radius 3 is 3.00 bits per heavy atom. The van der Waals surface area contributed by atoms with Crippen LogP contribution in [0.15, 0.2) is 22.7 Å². The van der Waals surface area contributed by atoms with E-state index < -0.39 is 0 Å². The minimum atomic E-state index is 0.107. The lowest BCUT2D eigenvalue weighted by Crippen LogP contribution is -2.47. The third-order valence-electron chi connectivity index (χ3n) is 3.32. The predicted octanol–water partition coefficient (Wildman–Crippen LogP) is 3.01. The van der Waals surface area contributed by atoms with Crippen molar-refractivity contribution in [2.24, 2.45) is 5.73 Å². The molecule has 5 heteroatoms. The van der Waals surface area contributed by atoms with Gasteiger partial charge in [0.2, 0.25) is 0 Å². The molecule has 0 bridgehead atoms. The Morgan fingerprint density at radius 1 is 1.50 bits per heavy atom. The molecule has 3 nitrogen and oxygen atoms in total. The van der Waals surface area contributed by atoms with E-state index in [2.05, 4.69) is 38.5 Å². The van der Waals surface area contributed by atoms with E-state index in [0.717, 1.165) is 33.0 Å². The van der Waals surface area contributed by atoms with Gasteiger partial charge in [0, 0.05) is 27.2 Å². The Morgan fingerprint density at radius 2 is 2.28 bits per heavy atom. The number of likely N-dealkylation sites (tertiary alicyclic amines) is 1.